The van der Waals surface area contributed by atoms with E-state index in [4.69, 9.17) is 23.2 Å². The van der Waals surface area contributed by atoms with E-state index in [2.05, 4.69) is 6.58 Å². The van der Waals surface area contributed by atoms with Gasteiger partial charge >= 0.3 is 0 Å². The monoisotopic (exact) mass is 337 g/mol. The predicted octanol–water partition coefficient (Wildman–Crippen LogP) is 3.07. The van der Waals surface area contributed by atoms with E-state index in [0.29, 0.717) is 0 Å². The summed E-state index contributed by atoms with van der Waals surface area (Å²) in [4.78, 5) is -0.105. The lowest BCUT2D eigenvalue weighted by Gasteiger charge is -2.25. The summed E-state index contributed by atoms with van der Waals surface area (Å²) < 4.78 is 26.6. The van der Waals surface area contributed by atoms with Crippen molar-refractivity contribution in [2.24, 2.45) is 0 Å². The standard InChI is InChI=1S/C13H17Cl2NO3S/c1-4-5-16(9(2)3)20(18,19)12-7-11(14)6-10(8-17)13(12)15/h4,6-7,9,17H,1,5,8H2,2-3H3. The molecule has 0 aromatic heterocycles. The minimum Gasteiger partial charge on any atom is -0.392 e. The molecule has 0 aliphatic carbocycles. The van der Waals surface area contributed by atoms with Gasteiger partial charge in [0.15, 0.2) is 0 Å². The Kier molecular flexibility index (Phi) is 6.04. The van der Waals surface area contributed by atoms with Gasteiger partial charge in [0.1, 0.15) is 4.90 Å². The Bertz CT molecular complexity index is 600. The van der Waals surface area contributed by atoms with E-state index in [1.165, 1.54) is 22.5 Å². The molecule has 0 aliphatic rings. The van der Waals surface area contributed by atoms with Crippen molar-refractivity contribution in [2.75, 3.05) is 6.54 Å². The van der Waals surface area contributed by atoms with Gasteiger partial charge in [0.25, 0.3) is 0 Å². The van der Waals surface area contributed by atoms with E-state index in [9.17, 15) is 13.5 Å². The zero-order chi connectivity index (χ0) is 15.5. The number of halogens is 2. The van der Waals surface area contributed by atoms with Crippen molar-refractivity contribution in [3.05, 3.63) is 40.4 Å². The summed E-state index contributed by atoms with van der Waals surface area (Å²) in [6, 6.07) is 2.47. The maximum Gasteiger partial charge on any atom is 0.245 e. The molecule has 0 saturated carbocycles. The summed E-state index contributed by atoms with van der Waals surface area (Å²) in [6.07, 6.45) is 1.50. The molecule has 20 heavy (non-hydrogen) atoms. The van der Waals surface area contributed by atoms with Crippen LogP contribution in [0.1, 0.15) is 19.4 Å². The van der Waals surface area contributed by atoms with Crippen molar-refractivity contribution < 1.29 is 13.5 Å². The van der Waals surface area contributed by atoms with Crippen LogP contribution in [0.15, 0.2) is 29.7 Å². The Morgan fingerprint density at radius 3 is 2.45 bits per heavy atom. The zero-order valence-electron chi connectivity index (χ0n) is 11.3. The second kappa shape index (κ2) is 6.91. The SMILES string of the molecule is C=CCN(C(C)C)S(=O)(=O)c1cc(Cl)cc(CO)c1Cl. The Hall–Kier alpha value is -0.590. The highest BCUT2D eigenvalue weighted by atomic mass is 35.5. The van der Waals surface area contributed by atoms with E-state index < -0.39 is 10.0 Å². The lowest BCUT2D eigenvalue weighted by molar-refractivity contribution is 0.281. The number of sulfonamides is 1. The molecule has 0 bridgehead atoms. The third-order valence-corrected chi connectivity index (χ3v) is 5.56. The van der Waals surface area contributed by atoms with Crippen LogP contribution in [0.5, 0.6) is 0 Å². The fraction of sp³-hybridized carbons (Fsp3) is 0.385. The van der Waals surface area contributed by atoms with E-state index >= 15 is 0 Å². The van der Waals surface area contributed by atoms with Gasteiger partial charge in [-0.05, 0) is 31.5 Å². The van der Waals surface area contributed by atoms with Crippen molar-refractivity contribution in [2.45, 2.75) is 31.4 Å². The van der Waals surface area contributed by atoms with Crippen molar-refractivity contribution >= 4 is 33.2 Å². The van der Waals surface area contributed by atoms with Crippen LogP contribution in [-0.2, 0) is 16.6 Å². The van der Waals surface area contributed by atoms with Crippen LogP contribution < -0.4 is 0 Å². The summed E-state index contributed by atoms with van der Waals surface area (Å²) in [5.74, 6) is 0. The van der Waals surface area contributed by atoms with E-state index in [-0.39, 0.29) is 39.7 Å². The Morgan fingerprint density at radius 1 is 1.40 bits per heavy atom. The van der Waals surface area contributed by atoms with Gasteiger partial charge in [0.2, 0.25) is 10.0 Å². The highest BCUT2D eigenvalue weighted by Gasteiger charge is 2.29. The molecule has 0 amide bonds. The van der Waals surface area contributed by atoms with E-state index in [0.717, 1.165) is 0 Å². The van der Waals surface area contributed by atoms with Gasteiger partial charge in [-0.2, -0.15) is 4.31 Å². The average molecular weight is 338 g/mol. The minimum absolute atomic E-state index is 0.00777. The molecule has 0 unspecified atom stereocenters. The van der Waals surface area contributed by atoms with Crippen LogP contribution in [0.3, 0.4) is 0 Å². The molecule has 1 aromatic rings. The number of aliphatic hydroxyl groups is 1. The number of hydrogen-bond donors (Lipinski definition) is 1. The van der Waals surface area contributed by atoms with Gasteiger partial charge in [0, 0.05) is 17.6 Å². The summed E-state index contributed by atoms with van der Waals surface area (Å²) in [5.41, 5.74) is 0.278. The van der Waals surface area contributed by atoms with Crippen LogP contribution in [0.25, 0.3) is 0 Å². The summed E-state index contributed by atoms with van der Waals surface area (Å²) in [6.45, 7) is 6.85. The lowest BCUT2D eigenvalue weighted by atomic mass is 10.2. The number of aliphatic hydroxyl groups excluding tert-OH is 1. The van der Waals surface area contributed by atoms with Gasteiger partial charge in [-0.15, -0.1) is 6.58 Å². The Balaban J connectivity index is 3.48. The first-order valence-corrected chi connectivity index (χ1v) is 8.16. The van der Waals surface area contributed by atoms with Gasteiger partial charge < -0.3 is 5.11 Å². The molecule has 7 heteroatoms. The normalized spacial score (nSPS) is 12.2. The maximum atomic E-state index is 12.7. The maximum absolute atomic E-state index is 12.7. The lowest BCUT2D eigenvalue weighted by Crippen LogP contribution is -2.37. The average Bonchev–Trinajstić information content (AvgIpc) is 2.37. The third-order valence-electron chi connectivity index (χ3n) is 2.72. The first-order valence-electron chi connectivity index (χ1n) is 5.97. The van der Waals surface area contributed by atoms with Crippen LogP contribution in [-0.4, -0.2) is 30.4 Å². The zero-order valence-corrected chi connectivity index (χ0v) is 13.6. The van der Waals surface area contributed by atoms with Crippen molar-refractivity contribution in [3.8, 4) is 0 Å². The molecule has 0 saturated heterocycles. The second-order valence-electron chi connectivity index (χ2n) is 4.49. The number of hydrogen-bond acceptors (Lipinski definition) is 3. The largest absolute Gasteiger partial charge is 0.392 e. The molecule has 112 valence electrons. The minimum atomic E-state index is -3.81. The van der Waals surface area contributed by atoms with Gasteiger partial charge in [0.05, 0.1) is 11.6 Å². The molecule has 4 nitrogen and oxygen atoms in total. The topological polar surface area (TPSA) is 57.6 Å². The molecular weight excluding hydrogens is 321 g/mol. The fourth-order valence-electron chi connectivity index (χ4n) is 1.76. The first kappa shape index (κ1) is 17.5. The molecule has 1 N–H and O–H groups in total. The highest BCUT2D eigenvalue weighted by molar-refractivity contribution is 7.89. The van der Waals surface area contributed by atoms with Crippen LogP contribution in [0.4, 0.5) is 0 Å². The van der Waals surface area contributed by atoms with Crippen molar-refractivity contribution in [1.82, 2.24) is 4.31 Å². The second-order valence-corrected chi connectivity index (χ2v) is 7.17. The predicted molar refractivity (Wildman–Crippen MR) is 81.6 cm³/mol. The number of rotatable bonds is 6. The van der Waals surface area contributed by atoms with Gasteiger partial charge in [-0.25, -0.2) is 8.42 Å². The molecule has 0 aliphatic heterocycles. The molecule has 0 fully saturated rings. The molecule has 0 heterocycles. The summed E-state index contributed by atoms with van der Waals surface area (Å²) in [7, 11) is -3.81. The number of nitrogens with zero attached hydrogens (tertiary/aromatic N) is 1. The number of benzene rings is 1. The first-order chi connectivity index (χ1) is 9.25. The fourth-order valence-corrected chi connectivity index (χ4v) is 4.27. The van der Waals surface area contributed by atoms with Crippen LogP contribution in [0.2, 0.25) is 10.0 Å². The van der Waals surface area contributed by atoms with Crippen molar-refractivity contribution in [1.29, 1.82) is 0 Å². The summed E-state index contributed by atoms with van der Waals surface area (Å²) in [5, 5.41) is 9.42. The van der Waals surface area contributed by atoms with Crippen molar-refractivity contribution in [3.63, 3.8) is 0 Å². The molecule has 0 radical (unpaired) electrons. The molecule has 0 atom stereocenters. The highest BCUT2D eigenvalue weighted by Crippen LogP contribution is 2.32. The quantitative estimate of drug-likeness (QED) is 0.811. The summed E-state index contributed by atoms with van der Waals surface area (Å²) >= 11 is 12.0. The van der Waals surface area contributed by atoms with E-state index in [1.54, 1.807) is 13.8 Å². The van der Waals surface area contributed by atoms with E-state index in [1.807, 2.05) is 0 Å². The smallest absolute Gasteiger partial charge is 0.245 e. The van der Waals surface area contributed by atoms with Crippen LogP contribution >= 0.6 is 23.2 Å². The van der Waals surface area contributed by atoms with Gasteiger partial charge in [-0.1, -0.05) is 29.3 Å². The van der Waals surface area contributed by atoms with Gasteiger partial charge in [-0.3, -0.25) is 0 Å². The third kappa shape index (κ3) is 3.54. The van der Waals surface area contributed by atoms with Crippen LogP contribution in [0, 0.1) is 0 Å². The molecule has 0 spiro atoms. The molecule has 1 aromatic carbocycles. The Morgan fingerprint density at radius 2 is 2.00 bits per heavy atom. The molecular formula is C13H17Cl2NO3S. The Labute approximate surface area is 129 Å². The molecule has 1 rings (SSSR count).